The van der Waals surface area contributed by atoms with Gasteiger partial charge in [0.2, 0.25) is 5.91 Å². The lowest BCUT2D eigenvalue weighted by Crippen LogP contribution is -2.48. The van der Waals surface area contributed by atoms with Gasteiger partial charge in [-0.2, -0.15) is 13.2 Å². The van der Waals surface area contributed by atoms with Gasteiger partial charge in [0.05, 0.1) is 6.54 Å². The zero-order chi connectivity index (χ0) is 19.3. The molecule has 1 amide bonds. The Hall–Kier alpha value is -2.45. The van der Waals surface area contributed by atoms with E-state index < -0.39 is 11.9 Å². The molecule has 0 saturated carbocycles. The fourth-order valence-electron chi connectivity index (χ4n) is 3.09. The van der Waals surface area contributed by atoms with Crippen LogP contribution in [0.4, 0.5) is 18.9 Å². The van der Waals surface area contributed by atoms with Gasteiger partial charge in [-0.05, 0) is 23.8 Å². The summed E-state index contributed by atoms with van der Waals surface area (Å²) in [7, 11) is 0. The maximum Gasteiger partial charge on any atom is 0.433 e. The average molecular weight is 378 g/mol. The van der Waals surface area contributed by atoms with Crippen molar-refractivity contribution in [2.45, 2.75) is 12.7 Å². The van der Waals surface area contributed by atoms with Crippen molar-refractivity contribution in [3.8, 4) is 0 Å². The molecule has 2 aromatic rings. The van der Waals surface area contributed by atoms with Crippen molar-refractivity contribution in [2.24, 2.45) is 0 Å². The molecule has 3 rings (SSSR count). The van der Waals surface area contributed by atoms with Crippen LogP contribution in [0.2, 0.25) is 0 Å². The van der Waals surface area contributed by atoms with Gasteiger partial charge in [0.25, 0.3) is 0 Å². The van der Waals surface area contributed by atoms with Crippen LogP contribution in [0, 0.1) is 0 Å². The van der Waals surface area contributed by atoms with E-state index in [2.05, 4.69) is 10.3 Å². The van der Waals surface area contributed by atoms with Crippen LogP contribution in [-0.2, 0) is 17.5 Å². The molecule has 0 spiro atoms. The van der Waals surface area contributed by atoms with Crippen molar-refractivity contribution in [1.82, 2.24) is 14.8 Å². The zero-order valence-corrected chi connectivity index (χ0v) is 14.7. The highest BCUT2D eigenvalue weighted by molar-refractivity contribution is 5.92. The summed E-state index contributed by atoms with van der Waals surface area (Å²) in [6.45, 7) is 2.93. The van der Waals surface area contributed by atoms with Crippen molar-refractivity contribution < 1.29 is 18.0 Å². The summed E-state index contributed by atoms with van der Waals surface area (Å²) in [6, 6.07) is 12.2. The van der Waals surface area contributed by atoms with E-state index in [9.17, 15) is 18.0 Å². The molecule has 1 aliphatic heterocycles. The van der Waals surface area contributed by atoms with Gasteiger partial charge in [-0.15, -0.1) is 0 Å². The topological polar surface area (TPSA) is 48.5 Å². The van der Waals surface area contributed by atoms with Gasteiger partial charge in [-0.1, -0.05) is 24.3 Å². The predicted octanol–water partition coefficient (Wildman–Crippen LogP) is 2.86. The second kappa shape index (κ2) is 8.49. The fraction of sp³-hybridized carbons (Fsp3) is 0.368. The molecule has 0 aliphatic carbocycles. The van der Waals surface area contributed by atoms with Crippen LogP contribution < -0.4 is 5.32 Å². The Labute approximate surface area is 155 Å². The number of piperazine rings is 1. The minimum atomic E-state index is -4.45. The molecule has 2 heterocycles. The summed E-state index contributed by atoms with van der Waals surface area (Å²) in [5.74, 6) is -0.0960. The van der Waals surface area contributed by atoms with E-state index in [1.54, 1.807) is 0 Å². The number of nitrogens with zero attached hydrogens (tertiary/aromatic N) is 3. The molecule has 1 aliphatic rings. The number of nitrogens with one attached hydrogen (secondary N) is 1. The molecular weight excluding hydrogens is 357 g/mol. The molecule has 1 aromatic heterocycles. The van der Waals surface area contributed by atoms with Crippen molar-refractivity contribution in [3.63, 3.8) is 0 Å². The maximum absolute atomic E-state index is 13.1. The van der Waals surface area contributed by atoms with Crippen LogP contribution in [0.25, 0.3) is 0 Å². The summed E-state index contributed by atoms with van der Waals surface area (Å²) in [5, 5.41) is 2.84. The third kappa shape index (κ3) is 5.51. The Bertz CT molecular complexity index is 759. The van der Waals surface area contributed by atoms with Crippen molar-refractivity contribution in [2.75, 3.05) is 38.0 Å². The van der Waals surface area contributed by atoms with Gasteiger partial charge in [0.1, 0.15) is 5.69 Å². The summed E-state index contributed by atoms with van der Waals surface area (Å²) < 4.78 is 39.2. The highest BCUT2D eigenvalue weighted by atomic mass is 19.4. The smallest absolute Gasteiger partial charge is 0.325 e. The van der Waals surface area contributed by atoms with E-state index in [4.69, 9.17) is 0 Å². The van der Waals surface area contributed by atoms with E-state index in [-0.39, 0.29) is 24.6 Å². The average Bonchev–Trinajstić information content (AvgIpc) is 2.64. The summed E-state index contributed by atoms with van der Waals surface area (Å²) in [5.41, 5.74) is 0.104. The molecule has 0 atom stereocenters. The molecule has 1 fully saturated rings. The second-order valence-electron chi connectivity index (χ2n) is 6.48. The first-order valence-electron chi connectivity index (χ1n) is 8.72. The fourth-order valence-corrected chi connectivity index (χ4v) is 3.09. The Morgan fingerprint density at radius 3 is 2.33 bits per heavy atom. The third-order valence-electron chi connectivity index (χ3n) is 4.44. The number of alkyl halides is 3. The normalized spacial score (nSPS) is 16.3. The number of rotatable bonds is 5. The van der Waals surface area contributed by atoms with Gasteiger partial charge >= 0.3 is 6.18 Å². The first-order valence-corrected chi connectivity index (χ1v) is 8.72. The van der Waals surface area contributed by atoms with Crippen LogP contribution in [0.3, 0.4) is 0 Å². The van der Waals surface area contributed by atoms with Crippen LogP contribution in [0.15, 0.2) is 48.7 Å². The highest BCUT2D eigenvalue weighted by Gasteiger charge is 2.35. The lowest BCUT2D eigenvalue weighted by Gasteiger charge is -2.34. The number of pyridine rings is 1. The monoisotopic (exact) mass is 378 g/mol. The van der Waals surface area contributed by atoms with Gasteiger partial charge < -0.3 is 5.32 Å². The molecule has 1 N–H and O–H groups in total. The predicted molar refractivity (Wildman–Crippen MR) is 96.0 cm³/mol. The van der Waals surface area contributed by atoms with E-state index in [0.29, 0.717) is 26.2 Å². The van der Waals surface area contributed by atoms with Crippen molar-refractivity contribution in [1.29, 1.82) is 0 Å². The lowest BCUT2D eigenvalue weighted by atomic mass is 10.1. The quantitative estimate of drug-likeness (QED) is 0.869. The lowest BCUT2D eigenvalue weighted by molar-refractivity contribution is -0.142. The molecule has 0 bridgehead atoms. The maximum atomic E-state index is 13.1. The minimum absolute atomic E-state index is 0.0960. The minimum Gasteiger partial charge on any atom is -0.325 e. The SMILES string of the molecule is O=C(CN1CCN(Cc2cccnc2C(F)(F)F)CC1)Nc1ccccc1. The largest absolute Gasteiger partial charge is 0.433 e. The number of para-hydroxylation sites is 1. The molecule has 0 radical (unpaired) electrons. The Morgan fingerprint density at radius 2 is 1.67 bits per heavy atom. The van der Waals surface area contributed by atoms with Crippen molar-refractivity contribution >= 4 is 11.6 Å². The number of hydrogen-bond acceptors (Lipinski definition) is 4. The standard InChI is InChI=1S/C19H21F3N4O/c20-19(21,22)18-15(5-4-8-23-18)13-25-9-11-26(12-10-25)14-17(27)24-16-6-2-1-3-7-16/h1-8H,9-14H2,(H,24,27). The molecule has 8 heteroatoms. The number of amides is 1. The summed E-state index contributed by atoms with van der Waals surface area (Å²) in [6.07, 6.45) is -3.29. The first-order chi connectivity index (χ1) is 12.9. The molecular formula is C19H21F3N4O. The summed E-state index contributed by atoms with van der Waals surface area (Å²) in [4.78, 5) is 19.6. The third-order valence-corrected chi connectivity index (χ3v) is 4.44. The number of halogens is 3. The summed E-state index contributed by atoms with van der Waals surface area (Å²) >= 11 is 0. The van der Waals surface area contributed by atoms with E-state index >= 15 is 0 Å². The molecule has 27 heavy (non-hydrogen) atoms. The Balaban J connectivity index is 1.49. The van der Waals surface area contributed by atoms with E-state index in [0.717, 1.165) is 11.9 Å². The molecule has 5 nitrogen and oxygen atoms in total. The molecule has 144 valence electrons. The number of hydrogen-bond donors (Lipinski definition) is 1. The number of carbonyl (C=O) groups excluding carboxylic acids is 1. The van der Waals surface area contributed by atoms with Gasteiger partial charge in [0, 0.05) is 44.6 Å². The van der Waals surface area contributed by atoms with Crippen molar-refractivity contribution in [3.05, 3.63) is 59.9 Å². The second-order valence-corrected chi connectivity index (χ2v) is 6.48. The number of carbonyl (C=O) groups is 1. The zero-order valence-electron chi connectivity index (χ0n) is 14.7. The molecule has 1 saturated heterocycles. The number of benzene rings is 1. The highest BCUT2D eigenvalue weighted by Crippen LogP contribution is 2.30. The van der Waals surface area contributed by atoms with Crippen LogP contribution >= 0.6 is 0 Å². The first kappa shape index (κ1) is 19.3. The van der Waals surface area contributed by atoms with Crippen LogP contribution in [-0.4, -0.2) is 53.4 Å². The molecule has 1 aromatic carbocycles. The molecule has 0 unspecified atom stereocenters. The van der Waals surface area contributed by atoms with Gasteiger partial charge in [0.15, 0.2) is 0 Å². The van der Waals surface area contributed by atoms with Crippen LogP contribution in [0.1, 0.15) is 11.3 Å². The number of anilines is 1. The Kier molecular flexibility index (Phi) is 6.08. The van der Waals surface area contributed by atoms with Gasteiger partial charge in [-0.3, -0.25) is 19.6 Å². The Morgan fingerprint density at radius 1 is 1.00 bits per heavy atom. The number of aromatic nitrogens is 1. The van der Waals surface area contributed by atoms with Gasteiger partial charge in [-0.25, -0.2) is 0 Å². The van der Waals surface area contributed by atoms with E-state index in [1.165, 1.54) is 12.1 Å². The van der Waals surface area contributed by atoms with Crippen LogP contribution in [0.5, 0.6) is 0 Å². The van der Waals surface area contributed by atoms with E-state index in [1.807, 2.05) is 40.1 Å².